The summed E-state index contributed by atoms with van der Waals surface area (Å²) in [5.74, 6) is 1.12. The molecule has 0 amide bonds. The molecule has 3 rings (SSSR count). The molecule has 2 heterocycles. The van der Waals surface area contributed by atoms with Gasteiger partial charge in [0.05, 0.1) is 5.52 Å². The van der Waals surface area contributed by atoms with E-state index in [-0.39, 0.29) is 0 Å². The van der Waals surface area contributed by atoms with Crippen molar-refractivity contribution in [2.24, 2.45) is 0 Å². The van der Waals surface area contributed by atoms with E-state index in [2.05, 4.69) is 48.3 Å². The third-order valence-electron chi connectivity index (χ3n) is 3.60. The SMILES string of the molecule is Cc1ccc2c(C)cc(N3CCNCC3)nc2c1. The van der Waals surface area contributed by atoms with Crippen LogP contribution >= 0.6 is 0 Å². The van der Waals surface area contributed by atoms with E-state index in [4.69, 9.17) is 4.98 Å². The molecule has 18 heavy (non-hydrogen) atoms. The van der Waals surface area contributed by atoms with Gasteiger partial charge in [-0.05, 0) is 37.1 Å². The van der Waals surface area contributed by atoms with Crippen molar-refractivity contribution < 1.29 is 0 Å². The highest BCUT2D eigenvalue weighted by molar-refractivity contribution is 5.84. The Balaban J connectivity index is 2.07. The van der Waals surface area contributed by atoms with Crippen LogP contribution in [0.2, 0.25) is 0 Å². The number of aryl methyl sites for hydroxylation is 2. The van der Waals surface area contributed by atoms with E-state index in [9.17, 15) is 0 Å². The number of rotatable bonds is 1. The van der Waals surface area contributed by atoms with Crippen molar-refractivity contribution in [3.05, 3.63) is 35.4 Å². The standard InChI is InChI=1S/C15H19N3/c1-11-3-4-13-12(2)10-15(17-14(13)9-11)18-7-5-16-6-8-18/h3-4,9-10,16H,5-8H2,1-2H3. The maximum absolute atomic E-state index is 4.82. The lowest BCUT2D eigenvalue weighted by Crippen LogP contribution is -2.43. The lowest BCUT2D eigenvalue weighted by atomic mass is 10.1. The summed E-state index contributed by atoms with van der Waals surface area (Å²) in [7, 11) is 0. The first kappa shape index (κ1) is 11.5. The molecule has 0 unspecified atom stereocenters. The largest absolute Gasteiger partial charge is 0.354 e. The van der Waals surface area contributed by atoms with Gasteiger partial charge in [0.1, 0.15) is 5.82 Å². The molecular weight excluding hydrogens is 222 g/mol. The molecule has 0 radical (unpaired) electrons. The maximum atomic E-state index is 4.82. The van der Waals surface area contributed by atoms with E-state index in [1.54, 1.807) is 0 Å². The minimum absolute atomic E-state index is 1.05. The summed E-state index contributed by atoms with van der Waals surface area (Å²) in [6, 6.07) is 8.72. The van der Waals surface area contributed by atoms with Crippen LogP contribution in [0.4, 0.5) is 5.82 Å². The summed E-state index contributed by atoms with van der Waals surface area (Å²) in [5.41, 5.74) is 3.70. The van der Waals surface area contributed by atoms with Crippen LogP contribution < -0.4 is 10.2 Å². The number of hydrogen-bond acceptors (Lipinski definition) is 3. The van der Waals surface area contributed by atoms with Crippen molar-refractivity contribution in [3.8, 4) is 0 Å². The van der Waals surface area contributed by atoms with Crippen LogP contribution in [0, 0.1) is 13.8 Å². The number of nitrogens with one attached hydrogen (secondary N) is 1. The Morgan fingerprint density at radius 3 is 2.67 bits per heavy atom. The normalized spacial score (nSPS) is 16.2. The quantitative estimate of drug-likeness (QED) is 0.830. The van der Waals surface area contributed by atoms with Gasteiger partial charge >= 0.3 is 0 Å². The van der Waals surface area contributed by atoms with Crippen LogP contribution in [0.1, 0.15) is 11.1 Å². The van der Waals surface area contributed by atoms with Crippen molar-refractivity contribution in [2.45, 2.75) is 13.8 Å². The van der Waals surface area contributed by atoms with Gasteiger partial charge in [0.2, 0.25) is 0 Å². The highest BCUT2D eigenvalue weighted by atomic mass is 15.2. The summed E-state index contributed by atoms with van der Waals surface area (Å²) in [5, 5.41) is 4.64. The van der Waals surface area contributed by atoms with Gasteiger partial charge in [0.25, 0.3) is 0 Å². The van der Waals surface area contributed by atoms with Gasteiger partial charge in [-0.25, -0.2) is 4.98 Å². The van der Waals surface area contributed by atoms with Crippen molar-refractivity contribution in [3.63, 3.8) is 0 Å². The van der Waals surface area contributed by atoms with Crippen LogP contribution in [0.25, 0.3) is 10.9 Å². The van der Waals surface area contributed by atoms with Crippen LogP contribution in [-0.4, -0.2) is 31.2 Å². The Morgan fingerprint density at radius 2 is 1.89 bits per heavy atom. The highest BCUT2D eigenvalue weighted by Crippen LogP contribution is 2.23. The van der Waals surface area contributed by atoms with Crippen molar-refractivity contribution in [1.29, 1.82) is 0 Å². The number of benzene rings is 1. The van der Waals surface area contributed by atoms with Gasteiger partial charge < -0.3 is 10.2 Å². The highest BCUT2D eigenvalue weighted by Gasteiger charge is 2.13. The van der Waals surface area contributed by atoms with E-state index in [1.807, 2.05) is 0 Å². The van der Waals surface area contributed by atoms with Gasteiger partial charge in [-0.3, -0.25) is 0 Å². The third kappa shape index (κ3) is 2.06. The third-order valence-corrected chi connectivity index (χ3v) is 3.60. The molecular formula is C15H19N3. The van der Waals surface area contributed by atoms with E-state index in [0.29, 0.717) is 0 Å². The predicted molar refractivity (Wildman–Crippen MR) is 76.3 cm³/mol. The fourth-order valence-corrected chi connectivity index (χ4v) is 2.55. The number of pyridine rings is 1. The van der Waals surface area contributed by atoms with Gasteiger partial charge in [-0.15, -0.1) is 0 Å². The molecule has 1 aliphatic rings. The summed E-state index contributed by atoms with van der Waals surface area (Å²) in [4.78, 5) is 7.19. The van der Waals surface area contributed by atoms with Crippen LogP contribution in [0.5, 0.6) is 0 Å². The molecule has 0 spiro atoms. The molecule has 1 saturated heterocycles. The molecule has 0 bridgehead atoms. The molecule has 1 aromatic heterocycles. The van der Waals surface area contributed by atoms with Crippen LogP contribution in [-0.2, 0) is 0 Å². The Hall–Kier alpha value is -1.61. The average Bonchev–Trinajstić information content (AvgIpc) is 2.39. The second kappa shape index (κ2) is 4.58. The lowest BCUT2D eigenvalue weighted by molar-refractivity contribution is 0.585. The Bertz CT molecular complexity index is 571. The number of piperazine rings is 1. The van der Waals surface area contributed by atoms with Crippen molar-refractivity contribution >= 4 is 16.7 Å². The fraction of sp³-hybridized carbons (Fsp3) is 0.400. The van der Waals surface area contributed by atoms with Crippen LogP contribution in [0.15, 0.2) is 24.3 Å². The Labute approximate surface area is 108 Å². The van der Waals surface area contributed by atoms with E-state index in [1.165, 1.54) is 16.5 Å². The minimum atomic E-state index is 1.05. The second-order valence-electron chi connectivity index (χ2n) is 5.06. The molecule has 1 N–H and O–H groups in total. The fourth-order valence-electron chi connectivity index (χ4n) is 2.55. The molecule has 0 saturated carbocycles. The number of fused-ring (bicyclic) bond motifs is 1. The zero-order valence-corrected chi connectivity index (χ0v) is 11.0. The van der Waals surface area contributed by atoms with E-state index >= 15 is 0 Å². The number of nitrogens with zero attached hydrogens (tertiary/aromatic N) is 2. The lowest BCUT2D eigenvalue weighted by Gasteiger charge is -2.29. The van der Waals surface area contributed by atoms with Gasteiger partial charge in [0, 0.05) is 31.6 Å². The summed E-state index contributed by atoms with van der Waals surface area (Å²) >= 11 is 0. The molecule has 1 aromatic carbocycles. The summed E-state index contributed by atoms with van der Waals surface area (Å²) < 4.78 is 0. The smallest absolute Gasteiger partial charge is 0.129 e. The molecule has 0 aliphatic carbocycles. The topological polar surface area (TPSA) is 28.2 Å². The van der Waals surface area contributed by atoms with Crippen molar-refractivity contribution in [2.75, 3.05) is 31.1 Å². The predicted octanol–water partition coefficient (Wildman–Crippen LogP) is 2.26. The second-order valence-corrected chi connectivity index (χ2v) is 5.06. The first-order chi connectivity index (χ1) is 8.74. The first-order valence-electron chi connectivity index (χ1n) is 6.58. The van der Waals surface area contributed by atoms with Gasteiger partial charge in [-0.1, -0.05) is 12.1 Å². The Kier molecular flexibility index (Phi) is 2.92. The van der Waals surface area contributed by atoms with Gasteiger partial charge in [-0.2, -0.15) is 0 Å². The molecule has 1 aliphatic heterocycles. The van der Waals surface area contributed by atoms with Crippen molar-refractivity contribution in [1.82, 2.24) is 10.3 Å². The molecule has 3 heteroatoms. The summed E-state index contributed by atoms with van der Waals surface area (Å²) in [6.45, 7) is 8.48. The molecule has 2 aromatic rings. The number of anilines is 1. The first-order valence-corrected chi connectivity index (χ1v) is 6.58. The Morgan fingerprint density at radius 1 is 1.11 bits per heavy atom. The van der Waals surface area contributed by atoms with Crippen LogP contribution in [0.3, 0.4) is 0 Å². The zero-order valence-electron chi connectivity index (χ0n) is 11.0. The maximum Gasteiger partial charge on any atom is 0.129 e. The molecule has 0 atom stereocenters. The zero-order chi connectivity index (χ0) is 12.5. The average molecular weight is 241 g/mol. The molecule has 3 nitrogen and oxygen atoms in total. The molecule has 94 valence electrons. The molecule has 1 fully saturated rings. The minimum Gasteiger partial charge on any atom is -0.354 e. The van der Waals surface area contributed by atoms with Gasteiger partial charge in [0.15, 0.2) is 0 Å². The van der Waals surface area contributed by atoms with E-state index < -0.39 is 0 Å². The monoisotopic (exact) mass is 241 g/mol. The number of hydrogen-bond donors (Lipinski definition) is 1. The number of aromatic nitrogens is 1. The summed E-state index contributed by atoms with van der Waals surface area (Å²) in [6.07, 6.45) is 0. The van der Waals surface area contributed by atoms with E-state index in [0.717, 1.165) is 37.5 Å².